The number of aromatic nitrogens is 5. The van der Waals surface area contributed by atoms with E-state index in [9.17, 15) is 4.79 Å². The van der Waals surface area contributed by atoms with Crippen LogP contribution in [0, 0.1) is 12.8 Å². The van der Waals surface area contributed by atoms with Crippen molar-refractivity contribution in [1.29, 1.82) is 0 Å². The summed E-state index contributed by atoms with van der Waals surface area (Å²) in [7, 11) is 0. The molecule has 1 N–H and O–H groups in total. The zero-order valence-corrected chi connectivity index (χ0v) is 18.8. The Morgan fingerprint density at radius 3 is 2.76 bits per heavy atom. The van der Waals surface area contributed by atoms with E-state index in [0.29, 0.717) is 23.6 Å². The van der Waals surface area contributed by atoms with Crippen molar-refractivity contribution in [2.45, 2.75) is 82.2 Å². The van der Waals surface area contributed by atoms with Gasteiger partial charge in [0, 0.05) is 16.8 Å². The van der Waals surface area contributed by atoms with E-state index in [0.717, 1.165) is 39.9 Å². The van der Waals surface area contributed by atoms with Crippen molar-refractivity contribution in [3.8, 4) is 0 Å². The van der Waals surface area contributed by atoms with E-state index in [2.05, 4.69) is 40.5 Å². The van der Waals surface area contributed by atoms with E-state index >= 15 is 0 Å². The highest BCUT2D eigenvalue weighted by Gasteiger charge is 2.36. The number of rotatable bonds is 8. The van der Waals surface area contributed by atoms with Crippen LogP contribution in [0.15, 0.2) is 9.95 Å². The molecule has 3 aromatic rings. The molecule has 2 aliphatic rings. The maximum Gasteiger partial charge on any atom is 0.259 e. The number of hydrogen-bond acceptors (Lipinski definition) is 6. The summed E-state index contributed by atoms with van der Waals surface area (Å²) in [4.78, 5) is 22.8. The largest absolute Gasteiger partial charge is 0.309 e. The summed E-state index contributed by atoms with van der Waals surface area (Å²) in [6, 6.07) is 0.570. The first-order valence-electron chi connectivity index (χ1n) is 10.6. The summed E-state index contributed by atoms with van der Waals surface area (Å²) in [5.74, 6) is 3.66. The van der Waals surface area contributed by atoms with Crippen molar-refractivity contribution >= 4 is 33.3 Å². The summed E-state index contributed by atoms with van der Waals surface area (Å²) >= 11 is 3.28. The highest BCUT2D eigenvalue weighted by Crippen LogP contribution is 2.46. The standard InChI is InChI=1S/C21H27N5OS2/c1-4-11(2)9-15-12(3)29-20-17(15)19(27)22-16(23-20)10-28-21-25-24-18(13-5-6-13)26(21)14-7-8-14/h11,13-14H,4-10H2,1-3H3,(H,22,23,27). The van der Waals surface area contributed by atoms with Crippen LogP contribution < -0.4 is 5.56 Å². The lowest BCUT2D eigenvalue weighted by atomic mass is 9.98. The van der Waals surface area contributed by atoms with Crippen LogP contribution >= 0.6 is 23.1 Å². The van der Waals surface area contributed by atoms with E-state index < -0.39 is 0 Å². The van der Waals surface area contributed by atoms with Gasteiger partial charge in [-0.1, -0.05) is 32.0 Å². The fraction of sp³-hybridized carbons (Fsp3) is 0.619. The Morgan fingerprint density at radius 1 is 1.28 bits per heavy atom. The molecule has 8 heteroatoms. The van der Waals surface area contributed by atoms with Crippen LogP contribution in [0.25, 0.3) is 10.2 Å². The molecule has 1 unspecified atom stereocenters. The molecule has 0 saturated heterocycles. The minimum Gasteiger partial charge on any atom is -0.309 e. The molecule has 154 valence electrons. The Morgan fingerprint density at radius 2 is 2.07 bits per heavy atom. The Balaban J connectivity index is 1.40. The highest BCUT2D eigenvalue weighted by atomic mass is 32.2. The third-order valence-corrected chi connectivity index (χ3v) is 8.04. The van der Waals surface area contributed by atoms with Gasteiger partial charge in [0.25, 0.3) is 5.56 Å². The number of aromatic amines is 1. The van der Waals surface area contributed by atoms with Gasteiger partial charge in [-0.25, -0.2) is 4.98 Å². The number of thiophene rings is 1. The van der Waals surface area contributed by atoms with Gasteiger partial charge >= 0.3 is 0 Å². The molecule has 0 bridgehead atoms. The van der Waals surface area contributed by atoms with Crippen molar-refractivity contribution in [2.75, 3.05) is 0 Å². The van der Waals surface area contributed by atoms with Gasteiger partial charge in [-0.15, -0.1) is 21.5 Å². The van der Waals surface area contributed by atoms with Gasteiger partial charge in [-0.2, -0.15) is 0 Å². The van der Waals surface area contributed by atoms with Crippen LogP contribution in [0.5, 0.6) is 0 Å². The van der Waals surface area contributed by atoms with Crippen LogP contribution in [-0.4, -0.2) is 24.7 Å². The first-order chi connectivity index (χ1) is 14.0. The lowest BCUT2D eigenvalue weighted by Crippen LogP contribution is -2.12. The van der Waals surface area contributed by atoms with Crippen LogP contribution in [0.1, 0.15) is 80.0 Å². The van der Waals surface area contributed by atoms with E-state index in [1.807, 2.05) is 0 Å². The monoisotopic (exact) mass is 429 g/mol. The molecular formula is C21H27N5OS2. The molecule has 0 aliphatic heterocycles. The first-order valence-corrected chi connectivity index (χ1v) is 12.4. The lowest BCUT2D eigenvalue weighted by Gasteiger charge is -2.09. The smallest absolute Gasteiger partial charge is 0.259 e. The van der Waals surface area contributed by atoms with Crippen LogP contribution in [0.3, 0.4) is 0 Å². The predicted octanol–water partition coefficient (Wildman–Crippen LogP) is 4.98. The first kappa shape index (κ1) is 19.3. The summed E-state index contributed by atoms with van der Waals surface area (Å²) in [5, 5.41) is 10.7. The van der Waals surface area contributed by atoms with E-state index in [-0.39, 0.29) is 5.56 Å². The second kappa shape index (κ2) is 7.54. The molecule has 5 rings (SSSR count). The number of H-pyrrole nitrogens is 1. The molecule has 1 atom stereocenters. The molecule has 2 fully saturated rings. The topological polar surface area (TPSA) is 76.5 Å². The van der Waals surface area contributed by atoms with E-state index in [4.69, 9.17) is 4.98 Å². The zero-order chi connectivity index (χ0) is 20.1. The van der Waals surface area contributed by atoms with Gasteiger partial charge in [-0.05, 0) is 50.5 Å². The molecular weight excluding hydrogens is 402 g/mol. The van der Waals surface area contributed by atoms with Crippen LogP contribution in [-0.2, 0) is 12.2 Å². The van der Waals surface area contributed by atoms with Crippen molar-refractivity contribution in [1.82, 2.24) is 24.7 Å². The van der Waals surface area contributed by atoms with Crippen molar-refractivity contribution in [3.63, 3.8) is 0 Å². The molecule has 0 radical (unpaired) electrons. The quantitative estimate of drug-likeness (QED) is 0.511. The normalized spacial score (nSPS) is 17.9. The maximum absolute atomic E-state index is 12.9. The number of fused-ring (bicyclic) bond motifs is 1. The number of aryl methyl sites for hydroxylation is 1. The van der Waals surface area contributed by atoms with Gasteiger partial charge in [-0.3, -0.25) is 4.79 Å². The minimum atomic E-state index is -0.00409. The van der Waals surface area contributed by atoms with Crippen molar-refractivity contribution in [2.24, 2.45) is 5.92 Å². The predicted molar refractivity (Wildman–Crippen MR) is 118 cm³/mol. The van der Waals surface area contributed by atoms with Crippen LogP contribution in [0.4, 0.5) is 0 Å². The van der Waals surface area contributed by atoms with Crippen LogP contribution in [0.2, 0.25) is 0 Å². The molecule has 2 saturated carbocycles. The average Bonchev–Trinajstić information content (AvgIpc) is 3.63. The average molecular weight is 430 g/mol. The number of nitrogens with zero attached hydrogens (tertiary/aromatic N) is 4. The minimum absolute atomic E-state index is 0.00409. The van der Waals surface area contributed by atoms with Gasteiger partial charge < -0.3 is 9.55 Å². The maximum atomic E-state index is 12.9. The highest BCUT2D eigenvalue weighted by molar-refractivity contribution is 7.98. The molecule has 0 aromatic carbocycles. The molecule has 3 aromatic heterocycles. The second-order valence-electron chi connectivity index (χ2n) is 8.55. The van der Waals surface area contributed by atoms with Crippen molar-refractivity contribution in [3.05, 3.63) is 32.4 Å². The van der Waals surface area contributed by atoms with E-state index in [1.165, 1.54) is 36.1 Å². The molecule has 0 amide bonds. The molecule has 2 aliphatic carbocycles. The Bertz CT molecular complexity index is 1110. The Kier molecular flexibility index (Phi) is 5.02. The Labute approximate surface area is 178 Å². The third-order valence-electron chi connectivity index (χ3n) is 6.04. The molecule has 6 nitrogen and oxygen atoms in total. The third kappa shape index (κ3) is 3.77. The van der Waals surface area contributed by atoms with Gasteiger partial charge in [0.15, 0.2) is 5.16 Å². The summed E-state index contributed by atoms with van der Waals surface area (Å²) in [5.41, 5.74) is 1.17. The van der Waals surface area contributed by atoms with Crippen molar-refractivity contribution < 1.29 is 0 Å². The van der Waals surface area contributed by atoms with Gasteiger partial charge in [0.1, 0.15) is 16.5 Å². The number of thioether (sulfide) groups is 1. The van der Waals surface area contributed by atoms with E-state index in [1.54, 1.807) is 23.1 Å². The summed E-state index contributed by atoms with van der Waals surface area (Å²) in [6.45, 7) is 6.54. The molecule has 3 heterocycles. The lowest BCUT2D eigenvalue weighted by molar-refractivity contribution is 0.561. The van der Waals surface area contributed by atoms with Gasteiger partial charge in [0.05, 0.1) is 11.1 Å². The summed E-state index contributed by atoms with van der Waals surface area (Å²) in [6.07, 6.45) is 6.96. The number of hydrogen-bond donors (Lipinski definition) is 1. The Hall–Kier alpha value is -1.67. The molecule has 0 spiro atoms. The fourth-order valence-electron chi connectivity index (χ4n) is 3.84. The van der Waals surface area contributed by atoms with Gasteiger partial charge in [0.2, 0.25) is 0 Å². The second-order valence-corrected chi connectivity index (χ2v) is 10.7. The SMILES string of the molecule is CCC(C)Cc1c(C)sc2nc(CSc3nnc(C4CC4)n3C3CC3)[nH]c(=O)c12. The summed E-state index contributed by atoms with van der Waals surface area (Å²) < 4.78 is 2.35. The number of nitrogens with one attached hydrogen (secondary N) is 1. The fourth-order valence-corrected chi connectivity index (χ4v) is 5.80. The zero-order valence-electron chi connectivity index (χ0n) is 17.2. The molecule has 29 heavy (non-hydrogen) atoms.